The molecule has 1 atom stereocenters. The zero-order valence-corrected chi connectivity index (χ0v) is 12.8. The van der Waals surface area contributed by atoms with Gasteiger partial charge in [0.2, 0.25) is 0 Å². The smallest absolute Gasteiger partial charge is 0.254 e. The number of ether oxygens (including phenoxy) is 1. The Kier molecular flexibility index (Phi) is 5.18. The molecule has 2 rings (SSSR count). The van der Waals surface area contributed by atoms with Crippen LogP contribution in [-0.2, 0) is 4.74 Å². The lowest BCUT2D eigenvalue weighted by atomic mass is 10.0. The lowest BCUT2D eigenvalue weighted by Gasteiger charge is -2.33. The van der Waals surface area contributed by atoms with E-state index in [2.05, 4.69) is 19.9 Å². The maximum atomic E-state index is 12.6. The quantitative estimate of drug-likeness (QED) is 0.843. The van der Waals surface area contributed by atoms with Crippen molar-refractivity contribution in [3.05, 3.63) is 34.9 Å². The van der Waals surface area contributed by atoms with Gasteiger partial charge in [-0.2, -0.15) is 0 Å². The molecule has 0 aliphatic carbocycles. The summed E-state index contributed by atoms with van der Waals surface area (Å²) in [6, 6.07) is 6.03. The van der Waals surface area contributed by atoms with Crippen LogP contribution in [0.5, 0.6) is 0 Å². The molecule has 1 aromatic carbocycles. The first-order chi connectivity index (χ1) is 9.61. The van der Waals surface area contributed by atoms with Gasteiger partial charge < -0.3 is 9.64 Å². The van der Waals surface area contributed by atoms with Gasteiger partial charge >= 0.3 is 0 Å². The van der Waals surface area contributed by atoms with Crippen molar-refractivity contribution in [1.29, 1.82) is 0 Å². The second kappa shape index (κ2) is 6.89. The summed E-state index contributed by atoms with van der Waals surface area (Å²) in [6.45, 7) is 8.54. The van der Waals surface area contributed by atoms with E-state index in [-0.39, 0.29) is 12.0 Å². The number of benzene rings is 1. The molecule has 110 valence electrons. The summed E-state index contributed by atoms with van der Waals surface area (Å²) < 4.78 is 5.80. The topological polar surface area (TPSA) is 29.5 Å². The molecule has 0 spiro atoms. The number of hydrogen-bond donors (Lipinski definition) is 0. The summed E-state index contributed by atoms with van der Waals surface area (Å²) in [7, 11) is 0. The molecule has 1 fully saturated rings. The van der Waals surface area contributed by atoms with Crippen molar-refractivity contribution < 1.29 is 9.53 Å². The molecular weight excluding hydrogens is 250 g/mol. The van der Waals surface area contributed by atoms with Crippen molar-refractivity contribution in [1.82, 2.24) is 4.90 Å². The number of amides is 1. The molecule has 1 aromatic rings. The molecule has 0 saturated carbocycles. The van der Waals surface area contributed by atoms with Crippen molar-refractivity contribution in [2.75, 3.05) is 19.7 Å². The molecule has 20 heavy (non-hydrogen) atoms. The SMILES string of the molecule is CCCO[C@H]1CCCN(C(=O)c2ccc(C)cc2C)C1. The zero-order chi connectivity index (χ0) is 14.5. The molecule has 1 aliphatic rings. The Morgan fingerprint density at radius 1 is 1.40 bits per heavy atom. The van der Waals surface area contributed by atoms with Gasteiger partial charge in [0.05, 0.1) is 6.10 Å². The van der Waals surface area contributed by atoms with Crippen LogP contribution in [0.25, 0.3) is 0 Å². The molecule has 1 amide bonds. The Morgan fingerprint density at radius 3 is 2.90 bits per heavy atom. The molecule has 3 nitrogen and oxygen atoms in total. The van der Waals surface area contributed by atoms with Gasteiger partial charge in [0.15, 0.2) is 0 Å². The van der Waals surface area contributed by atoms with Crippen molar-refractivity contribution in [2.45, 2.75) is 46.1 Å². The van der Waals surface area contributed by atoms with Gasteiger partial charge in [-0.05, 0) is 44.7 Å². The van der Waals surface area contributed by atoms with Crippen molar-refractivity contribution in [3.63, 3.8) is 0 Å². The van der Waals surface area contributed by atoms with Crippen LogP contribution >= 0.6 is 0 Å². The minimum absolute atomic E-state index is 0.146. The number of carbonyl (C=O) groups is 1. The summed E-state index contributed by atoms with van der Waals surface area (Å²) in [4.78, 5) is 14.6. The number of carbonyl (C=O) groups excluding carboxylic acids is 1. The van der Waals surface area contributed by atoms with E-state index in [1.807, 2.05) is 24.0 Å². The predicted molar refractivity (Wildman–Crippen MR) is 81.1 cm³/mol. The highest BCUT2D eigenvalue weighted by molar-refractivity contribution is 5.95. The monoisotopic (exact) mass is 275 g/mol. The van der Waals surface area contributed by atoms with Gasteiger partial charge in [-0.3, -0.25) is 4.79 Å². The van der Waals surface area contributed by atoms with Gasteiger partial charge in [0, 0.05) is 25.3 Å². The molecule has 1 saturated heterocycles. The van der Waals surface area contributed by atoms with Crippen LogP contribution in [0.3, 0.4) is 0 Å². The summed E-state index contributed by atoms with van der Waals surface area (Å²) in [5.41, 5.74) is 3.08. The Bertz CT molecular complexity index is 470. The van der Waals surface area contributed by atoms with E-state index in [9.17, 15) is 4.79 Å². The number of piperidine rings is 1. The van der Waals surface area contributed by atoms with Gasteiger partial charge in [-0.25, -0.2) is 0 Å². The zero-order valence-electron chi connectivity index (χ0n) is 12.8. The Hall–Kier alpha value is -1.35. The normalized spacial score (nSPS) is 19.1. The van der Waals surface area contributed by atoms with Crippen molar-refractivity contribution in [3.8, 4) is 0 Å². The minimum atomic E-state index is 0.146. The van der Waals surface area contributed by atoms with Crippen LogP contribution in [0.1, 0.15) is 47.7 Å². The van der Waals surface area contributed by atoms with E-state index in [0.29, 0.717) is 0 Å². The van der Waals surface area contributed by atoms with Crippen LogP contribution < -0.4 is 0 Å². The van der Waals surface area contributed by atoms with Gasteiger partial charge in [-0.15, -0.1) is 0 Å². The summed E-state index contributed by atoms with van der Waals surface area (Å²) in [6.07, 6.45) is 3.34. The van der Waals surface area contributed by atoms with Crippen LogP contribution in [0, 0.1) is 13.8 Å². The number of hydrogen-bond acceptors (Lipinski definition) is 2. The van der Waals surface area contributed by atoms with E-state index in [1.165, 1.54) is 5.56 Å². The third-order valence-electron chi connectivity index (χ3n) is 3.84. The maximum absolute atomic E-state index is 12.6. The highest BCUT2D eigenvalue weighted by Gasteiger charge is 2.25. The minimum Gasteiger partial charge on any atom is -0.376 e. The average Bonchev–Trinajstić information content (AvgIpc) is 2.45. The second-order valence-corrected chi connectivity index (χ2v) is 5.70. The standard InChI is InChI=1S/C17H25NO2/c1-4-10-20-15-6-5-9-18(12-15)17(19)16-8-7-13(2)11-14(16)3/h7-8,11,15H,4-6,9-10,12H2,1-3H3/t15-/m0/s1. The van der Waals surface area contributed by atoms with Crippen molar-refractivity contribution in [2.24, 2.45) is 0 Å². The van der Waals surface area contributed by atoms with E-state index in [4.69, 9.17) is 4.74 Å². The molecule has 0 radical (unpaired) electrons. The van der Waals surface area contributed by atoms with Crippen LogP contribution in [-0.4, -0.2) is 36.6 Å². The molecule has 0 N–H and O–H groups in total. The Morgan fingerprint density at radius 2 is 2.20 bits per heavy atom. The van der Waals surface area contributed by atoms with E-state index < -0.39 is 0 Å². The van der Waals surface area contributed by atoms with Gasteiger partial charge in [0.1, 0.15) is 0 Å². The lowest BCUT2D eigenvalue weighted by molar-refractivity contribution is 0.00208. The average molecular weight is 275 g/mol. The van der Waals surface area contributed by atoms with Gasteiger partial charge in [-0.1, -0.05) is 24.6 Å². The fraction of sp³-hybridized carbons (Fsp3) is 0.588. The van der Waals surface area contributed by atoms with E-state index in [0.717, 1.165) is 50.1 Å². The number of likely N-dealkylation sites (tertiary alicyclic amines) is 1. The fourth-order valence-electron chi connectivity index (χ4n) is 2.77. The Balaban J connectivity index is 2.04. The van der Waals surface area contributed by atoms with Crippen LogP contribution in [0.2, 0.25) is 0 Å². The first kappa shape index (κ1) is 15.0. The predicted octanol–water partition coefficient (Wildman–Crippen LogP) is 3.33. The number of nitrogens with zero attached hydrogens (tertiary/aromatic N) is 1. The first-order valence-electron chi connectivity index (χ1n) is 7.60. The maximum Gasteiger partial charge on any atom is 0.254 e. The molecule has 1 heterocycles. The fourth-order valence-corrected chi connectivity index (χ4v) is 2.77. The van der Waals surface area contributed by atoms with Crippen LogP contribution in [0.15, 0.2) is 18.2 Å². The molecular formula is C17H25NO2. The molecule has 1 aliphatic heterocycles. The molecule has 0 bridgehead atoms. The van der Waals surface area contributed by atoms with E-state index in [1.54, 1.807) is 0 Å². The lowest BCUT2D eigenvalue weighted by Crippen LogP contribution is -2.43. The third kappa shape index (κ3) is 3.60. The summed E-state index contributed by atoms with van der Waals surface area (Å²) in [5.74, 6) is 0.146. The van der Waals surface area contributed by atoms with Crippen LogP contribution in [0.4, 0.5) is 0 Å². The number of aryl methyl sites for hydroxylation is 2. The third-order valence-corrected chi connectivity index (χ3v) is 3.84. The number of rotatable bonds is 4. The van der Waals surface area contributed by atoms with Gasteiger partial charge in [0.25, 0.3) is 5.91 Å². The van der Waals surface area contributed by atoms with Crippen molar-refractivity contribution >= 4 is 5.91 Å². The molecule has 0 aromatic heterocycles. The molecule has 3 heteroatoms. The summed E-state index contributed by atoms with van der Waals surface area (Å²) in [5, 5.41) is 0. The highest BCUT2D eigenvalue weighted by Crippen LogP contribution is 2.19. The van der Waals surface area contributed by atoms with E-state index >= 15 is 0 Å². The second-order valence-electron chi connectivity index (χ2n) is 5.70. The molecule has 0 unspecified atom stereocenters. The highest BCUT2D eigenvalue weighted by atomic mass is 16.5. The largest absolute Gasteiger partial charge is 0.376 e. The first-order valence-corrected chi connectivity index (χ1v) is 7.60. The summed E-state index contributed by atoms with van der Waals surface area (Å²) >= 11 is 0. The Labute approximate surface area is 121 Å².